The van der Waals surface area contributed by atoms with Gasteiger partial charge in [0.25, 0.3) is 5.56 Å². The number of nitrogens with one attached hydrogen (secondary N) is 2. The van der Waals surface area contributed by atoms with Gasteiger partial charge in [0.05, 0.1) is 18.7 Å². The van der Waals surface area contributed by atoms with Crippen LogP contribution in [0.1, 0.15) is 36.8 Å². The van der Waals surface area contributed by atoms with Crippen molar-refractivity contribution in [2.24, 2.45) is 5.92 Å². The Morgan fingerprint density at radius 1 is 1.12 bits per heavy atom. The molecule has 5 rings (SSSR count). The number of aryl methyl sites for hydroxylation is 1. The molecule has 3 aromatic carbocycles. The van der Waals surface area contributed by atoms with Gasteiger partial charge in [-0.15, -0.1) is 0 Å². The number of rotatable bonds is 10. The normalized spacial score (nSPS) is 17.4. The van der Waals surface area contributed by atoms with E-state index < -0.39 is 0 Å². The van der Waals surface area contributed by atoms with E-state index in [9.17, 15) is 9.59 Å². The molecule has 0 radical (unpaired) electrons. The van der Waals surface area contributed by atoms with Gasteiger partial charge in [0.15, 0.2) is 0 Å². The summed E-state index contributed by atoms with van der Waals surface area (Å²) >= 11 is 7.54. The predicted molar refractivity (Wildman–Crippen MR) is 168 cm³/mol. The maximum absolute atomic E-state index is 13.6. The second-order valence-electron chi connectivity index (χ2n) is 10.5. The Labute approximate surface area is 255 Å². The highest BCUT2D eigenvalue weighted by Gasteiger charge is 2.32. The van der Waals surface area contributed by atoms with Crippen molar-refractivity contribution < 1.29 is 9.53 Å². The molecule has 0 bridgehead atoms. The molecule has 1 amide bonds. The third kappa shape index (κ3) is 7.43. The molecule has 4 aromatic rings. The highest BCUT2D eigenvalue weighted by atomic mass is 35.5. The number of carbonyl (C=O) groups excluding carboxylic acids is 1. The Kier molecular flexibility index (Phi) is 10.00. The smallest absolute Gasteiger partial charge is 0.274 e. The van der Waals surface area contributed by atoms with Crippen LogP contribution in [0, 0.1) is 5.92 Å². The van der Waals surface area contributed by atoms with Crippen LogP contribution in [0.2, 0.25) is 5.02 Å². The van der Waals surface area contributed by atoms with Crippen LogP contribution in [0.3, 0.4) is 0 Å². The zero-order chi connectivity index (χ0) is 29.5. The standard InChI is InChI=1S/C33H35ClN4O3S/c1-22(36-32(39)30-21-35-19-18-29(30)23-6-4-3-5-7-23)8-9-24-20-31(42-28-16-10-25(34)11-17-28)37-38(33(24)40)26-12-14-27(41-2)15-13-26/h3-7,10-17,20,22,29-30,35H,8-9,18-19,21H2,1-2H3,(H,36,39)/t22-,29-,30+/m1/s1. The van der Waals surface area contributed by atoms with E-state index in [0.29, 0.717) is 46.4 Å². The van der Waals surface area contributed by atoms with E-state index in [1.807, 2.05) is 79.7 Å². The molecule has 0 spiro atoms. The lowest BCUT2D eigenvalue weighted by Gasteiger charge is -2.32. The third-order valence-corrected chi connectivity index (χ3v) is 8.77. The van der Waals surface area contributed by atoms with Crippen LogP contribution < -0.4 is 20.9 Å². The largest absolute Gasteiger partial charge is 0.497 e. The number of amides is 1. The van der Waals surface area contributed by atoms with Gasteiger partial charge in [0.2, 0.25) is 5.91 Å². The topological polar surface area (TPSA) is 85.2 Å². The van der Waals surface area contributed by atoms with Gasteiger partial charge in [-0.3, -0.25) is 9.59 Å². The van der Waals surface area contributed by atoms with Gasteiger partial charge in [-0.1, -0.05) is 53.7 Å². The Morgan fingerprint density at radius 2 is 1.86 bits per heavy atom. The fourth-order valence-corrected chi connectivity index (χ4v) is 6.26. The van der Waals surface area contributed by atoms with E-state index in [4.69, 9.17) is 16.3 Å². The van der Waals surface area contributed by atoms with E-state index in [-0.39, 0.29) is 29.3 Å². The predicted octanol–water partition coefficient (Wildman–Crippen LogP) is 5.88. The van der Waals surface area contributed by atoms with Crippen molar-refractivity contribution in [3.05, 3.63) is 111 Å². The molecule has 1 aromatic heterocycles. The summed E-state index contributed by atoms with van der Waals surface area (Å²) in [5, 5.41) is 12.6. The van der Waals surface area contributed by atoms with E-state index in [1.165, 1.54) is 22.0 Å². The number of halogens is 1. The van der Waals surface area contributed by atoms with Gasteiger partial charge < -0.3 is 15.4 Å². The Balaban J connectivity index is 1.33. The summed E-state index contributed by atoms with van der Waals surface area (Å²) in [5.41, 5.74) is 2.31. The zero-order valence-electron chi connectivity index (χ0n) is 23.8. The molecule has 0 aliphatic carbocycles. The summed E-state index contributed by atoms with van der Waals surface area (Å²) in [6.45, 7) is 3.55. The number of carbonyl (C=O) groups is 1. The van der Waals surface area contributed by atoms with Crippen LogP contribution in [-0.4, -0.2) is 41.9 Å². The summed E-state index contributed by atoms with van der Waals surface area (Å²) in [6, 6.07) is 26.8. The molecule has 2 N–H and O–H groups in total. The third-order valence-electron chi connectivity index (χ3n) is 7.60. The summed E-state index contributed by atoms with van der Waals surface area (Å²) < 4.78 is 6.72. The van der Waals surface area contributed by atoms with Crippen LogP contribution in [0.4, 0.5) is 0 Å². The van der Waals surface area contributed by atoms with E-state index in [2.05, 4.69) is 27.9 Å². The molecule has 1 fully saturated rings. The van der Waals surface area contributed by atoms with Crippen LogP contribution in [0.5, 0.6) is 5.75 Å². The van der Waals surface area contributed by atoms with Crippen molar-refractivity contribution in [1.29, 1.82) is 0 Å². The lowest BCUT2D eigenvalue weighted by atomic mass is 9.80. The number of hydrogen-bond acceptors (Lipinski definition) is 6. The summed E-state index contributed by atoms with van der Waals surface area (Å²) in [7, 11) is 1.60. The molecule has 218 valence electrons. The minimum Gasteiger partial charge on any atom is -0.497 e. The minimum absolute atomic E-state index is 0.0490. The minimum atomic E-state index is -0.181. The lowest BCUT2D eigenvalue weighted by Crippen LogP contribution is -2.47. The van der Waals surface area contributed by atoms with Crippen LogP contribution in [0.25, 0.3) is 5.69 Å². The molecule has 0 unspecified atom stereocenters. The van der Waals surface area contributed by atoms with E-state index in [0.717, 1.165) is 17.9 Å². The number of methoxy groups -OCH3 is 1. The fourth-order valence-electron chi connectivity index (χ4n) is 5.30. The number of piperidine rings is 1. The number of ether oxygens (including phenoxy) is 1. The molecule has 42 heavy (non-hydrogen) atoms. The maximum atomic E-state index is 13.6. The summed E-state index contributed by atoms with van der Waals surface area (Å²) in [4.78, 5) is 28.0. The lowest BCUT2D eigenvalue weighted by molar-refractivity contribution is -0.126. The van der Waals surface area contributed by atoms with Crippen molar-refractivity contribution in [2.75, 3.05) is 20.2 Å². The van der Waals surface area contributed by atoms with Gasteiger partial charge in [-0.05, 0) is 98.8 Å². The van der Waals surface area contributed by atoms with Crippen LogP contribution in [0.15, 0.2) is 99.6 Å². The Morgan fingerprint density at radius 3 is 2.57 bits per heavy atom. The Hall–Kier alpha value is -3.59. The van der Waals surface area contributed by atoms with Crippen LogP contribution >= 0.6 is 23.4 Å². The highest BCUT2D eigenvalue weighted by Crippen LogP contribution is 2.31. The summed E-state index contributed by atoms with van der Waals surface area (Å²) in [5.74, 6) is 0.794. The second-order valence-corrected chi connectivity index (χ2v) is 12.1. The quantitative estimate of drug-likeness (QED) is 0.236. The first-order valence-corrected chi connectivity index (χ1v) is 15.4. The van der Waals surface area contributed by atoms with Crippen molar-refractivity contribution in [1.82, 2.24) is 20.4 Å². The monoisotopic (exact) mass is 602 g/mol. The van der Waals surface area contributed by atoms with Crippen molar-refractivity contribution in [2.45, 2.75) is 48.1 Å². The second kappa shape index (κ2) is 14.1. The highest BCUT2D eigenvalue weighted by molar-refractivity contribution is 7.99. The molecular weight excluding hydrogens is 568 g/mol. The molecule has 2 heterocycles. The number of nitrogens with zero attached hydrogens (tertiary/aromatic N) is 2. The average molecular weight is 603 g/mol. The van der Waals surface area contributed by atoms with Crippen molar-refractivity contribution in [3.8, 4) is 11.4 Å². The summed E-state index contributed by atoms with van der Waals surface area (Å²) in [6.07, 6.45) is 2.04. The number of hydrogen-bond donors (Lipinski definition) is 2. The first-order valence-electron chi connectivity index (χ1n) is 14.2. The van der Waals surface area contributed by atoms with E-state index in [1.54, 1.807) is 7.11 Å². The maximum Gasteiger partial charge on any atom is 0.274 e. The van der Waals surface area contributed by atoms with Gasteiger partial charge in [0.1, 0.15) is 10.8 Å². The molecule has 9 heteroatoms. The fraction of sp³-hybridized carbons (Fsp3) is 0.303. The molecule has 1 saturated heterocycles. The van der Waals surface area contributed by atoms with Gasteiger partial charge in [-0.25, -0.2) is 0 Å². The first-order chi connectivity index (χ1) is 20.4. The SMILES string of the molecule is COc1ccc(-n2nc(Sc3ccc(Cl)cc3)cc(CC[C@@H](C)NC(=O)[C@H]3CNCC[C@@H]3c3ccccc3)c2=O)cc1. The number of aromatic nitrogens is 2. The number of benzene rings is 3. The van der Waals surface area contributed by atoms with Gasteiger partial charge in [0, 0.05) is 28.1 Å². The molecule has 0 saturated carbocycles. The molecule has 3 atom stereocenters. The molecule has 1 aliphatic rings. The first kappa shape index (κ1) is 29.9. The van der Waals surface area contributed by atoms with Crippen molar-refractivity contribution in [3.63, 3.8) is 0 Å². The zero-order valence-corrected chi connectivity index (χ0v) is 25.3. The molecular formula is C33H35ClN4O3S. The van der Waals surface area contributed by atoms with Gasteiger partial charge >= 0.3 is 0 Å². The van der Waals surface area contributed by atoms with Crippen LogP contribution in [-0.2, 0) is 11.2 Å². The average Bonchev–Trinajstić information content (AvgIpc) is 3.02. The molecule has 1 aliphatic heterocycles. The van der Waals surface area contributed by atoms with Crippen molar-refractivity contribution >= 4 is 29.3 Å². The molecule has 7 nitrogen and oxygen atoms in total. The Bertz CT molecular complexity index is 1540. The van der Waals surface area contributed by atoms with Gasteiger partial charge in [-0.2, -0.15) is 9.78 Å². The van der Waals surface area contributed by atoms with E-state index >= 15 is 0 Å².